The van der Waals surface area contributed by atoms with Crippen LogP contribution in [0.15, 0.2) is 48.5 Å². The number of methoxy groups -OCH3 is 1. The van der Waals surface area contributed by atoms with E-state index in [0.717, 1.165) is 11.3 Å². The SMILES string of the molecule is COc1ccccc1CC(C)(CO)c1ccccc1F. The molecule has 20 heavy (non-hydrogen) atoms. The molecule has 0 aromatic heterocycles. The van der Waals surface area contributed by atoms with Gasteiger partial charge in [-0.05, 0) is 29.7 Å². The van der Waals surface area contributed by atoms with E-state index in [1.165, 1.54) is 6.07 Å². The van der Waals surface area contributed by atoms with Crippen LogP contribution in [0, 0.1) is 5.82 Å². The van der Waals surface area contributed by atoms with Gasteiger partial charge in [0.25, 0.3) is 0 Å². The molecule has 2 aromatic rings. The van der Waals surface area contributed by atoms with Gasteiger partial charge in [0, 0.05) is 5.41 Å². The van der Waals surface area contributed by atoms with E-state index in [1.807, 2.05) is 31.2 Å². The van der Waals surface area contributed by atoms with Crippen molar-refractivity contribution < 1.29 is 14.2 Å². The Bertz CT molecular complexity index is 583. The molecule has 0 fully saturated rings. The summed E-state index contributed by atoms with van der Waals surface area (Å²) in [5, 5.41) is 9.78. The minimum Gasteiger partial charge on any atom is -0.496 e. The minimum atomic E-state index is -0.681. The molecule has 0 bridgehead atoms. The molecule has 3 heteroatoms. The summed E-state index contributed by atoms with van der Waals surface area (Å²) in [6.45, 7) is 1.73. The van der Waals surface area contributed by atoms with Gasteiger partial charge in [-0.1, -0.05) is 43.3 Å². The van der Waals surface area contributed by atoms with Gasteiger partial charge in [-0.2, -0.15) is 0 Å². The lowest BCUT2D eigenvalue weighted by Crippen LogP contribution is -2.30. The van der Waals surface area contributed by atoms with Gasteiger partial charge in [-0.25, -0.2) is 4.39 Å². The quantitative estimate of drug-likeness (QED) is 0.906. The summed E-state index contributed by atoms with van der Waals surface area (Å²) in [6, 6.07) is 14.2. The lowest BCUT2D eigenvalue weighted by molar-refractivity contribution is 0.200. The highest BCUT2D eigenvalue weighted by atomic mass is 19.1. The average molecular weight is 274 g/mol. The fourth-order valence-corrected chi connectivity index (χ4v) is 2.46. The zero-order valence-corrected chi connectivity index (χ0v) is 11.8. The fraction of sp³-hybridized carbons (Fsp3) is 0.294. The number of ether oxygens (including phenoxy) is 1. The van der Waals surface area contributed by atoms with Crippen LogP contribution in [0.4, 0.5) is 4.39 Å². The summed E-state index contributed by atoms with van der Waals surface area (Å²) < 4.78 is 19.3. The first-order valence-electron chi connectivity index (χ1n) is 6.58. The molecule has 2 rings (SSSR count). The molecule has 0 heterocycles. The van der Waals surface area contributed by atoms with E-state index in [0.29, 0.717) is 12.0 Å². The number of rotatable bonds is 5. The molecule has 0 spiro atoms. The van der Waals surface area contributed by atoms with Crippen LogP contribution >= 0.6 is 0 Å². The smallest absolute Gasteiger partial charge is 0.127 e. The Labute approximate surface area is 118 Å². The van der Waals surface area contributed by atoms with Gasteiger partial charge in [0.05, 0.1) is 13.7 Å². The third-order valence-electron chi connectivity index (χ3n) is 3.65. The predicted octanol–water partition coefficient (Wildman–Crippen LogP) is 3.33. The average Bonchev–Trinajstić information content (AvgIpc) is 2.48. The summed E-state index contributed by atoms with van der Waals surface area (Å²) in [6.07, 6.45) is 0.508. The second-order valence-corrected chi connectivity index (χ2v) is 5.19. The third-order valence-corrected chi connectivity index (χ3v) is 3.65. The van der Waals surface area contributed by atoms with Gasteiger partial charge in [0.2, 0.25) is 0 Å². The fourth-order valence-electron chi connectivity index (χ4n) is 2.46. The van der Waals surface area contributed by atoms with Crippen molar-refractivity contribution in [1.29, 1.82) is 0 Å². The van der Waals surface area contributed by atoms with Gasteiger partial charge >= 0.3 is 0 Å². The van der Waals surface area contributed by atoms with Crippen LogP contribution in [0.5, 0.6) is 5.75 Å². The Kier molecular flexibility index (Phi) is 4.40. The van der Waals surface area contributed by atoms with Crippen LogP contribution < -0.4 is 4.74 Å². The molecule has 2 aromatic carbocycles. The van der Waals surface area contributed by atoms with Crippen LogP contribution in [0.3, 0.4) is 0 Å². The number of hydrogen-bond donors (Lipinski definition) is 1. The number of halogens is 1. The summed E-state index contributed by atoms with van der Waals surface area (Å²) in [4.78, 5) is 0. The number of para-hydroxylation sites is 1. The Balaban J connectivity index is 2.40. The zero-order chi connectivity index (χ0) is 14.6. The van der Waals surface area contributed by atoms with E-state index in [4.69, 9.17) is 4.74 Å². The molecule has 2 nitrogen and oxygen atoms in total. The Morgan fingerprint density at radius 2 is 1.75 bits per heavy atom. The molecular formula is C17H19FO2. The van der Waals surface area contributed by atoms with Crippen molar-refractivity contribution in [2.75, 3.05) is 13.7 Å². The topological polar surface area (TPSA) is 29.5 Å². The molecule has 0 aliphatic heterocycles. The van der Waals surface area contributed by atoms with Gasteiger partial charge in [-0.3, -0.25) is 0 Å². The predicted molar refractivity (Wildman–Crippen MR) is 77.5 cm³/mol. The van der Waals surface area contributed by atoms with Gasteiger partial charge in [-0.15, -0.1) is 0 Å². The van der Waals surface area contributed by atoms with Gasteiger partial charge in [0.15, 0.2) is 0 Å². The van der Waals surface area contributed by atoms with Crippen LogP contribution in [-0.2, 0) is 11.8 Å². The summed E-state index contributed by atoms with van der Waals surface area (Å²) in [7, 11) is 1.61. The van der Waals surface area contributed by atoms with Crippen LogP contribution in [0.2, 0.25) is 0 Å². The largest absolute Gasteiger partial charge is 0.496 e. The van der Waals surface area contributed by atoms with Gasteiger partial charge in [0.1, 0.15) is 11.6 Å². The van der Waals surface area contributed by atoms with Crippen LogP contribution in [0.1, 0.15) is 18.1 Å². The molecule has 0 aliphatic carbocycles. The highest BCUT2D eigenvalue weighted by molar-refractivity contribution is 5.37. The molecule has 1 atom stereocenters. The molecule has 1 N–H and O–H groups in total. The maximum Gasteiger partial charge on any atom is 0.127 e. The van der Waals surface area contributed by atoms with E-state index < -0.39 is 5.41 Å². The first-order valence-corrected chi connectivity index (χ1v) is 6.58. The summed E-state index contributed by atoms with van der Waals surface area (Å²) in [5.74, 6) is 0.461. The number of hydrogen-bond acceptors (Lipinski definition) is 2. The third kappa shape index (κ3) is 2.83. The highest BCUT2D eigenvalue weighted by Crippen LogP contribution is 2.32. The van der Waals surface area contributed by atoms with Crippen LogP contribution in [-0.4, -0.2) is 18.8 Å². The van der Waals surface area contributed by atoms with E-state index in [1.54, 1.807) is 25.3 Å². The second-order valence-electron chi connectivity index (χ2n) is 5.19. The van der Waals surface area contributed by atoms with E-state index in [9.17, 15) is 9.50 Å². The molecular weight excluding hydrogens is 255 g/mol. The molecule has 0 aliphatic rings. The summed E-state index contributed by atoms with van der Waals surface area (Å²) >= 11 is 0. The van der Waals surface area contributed by atoms with E-state index in [-0.39, 0.29) is 12.4 Å². The van der Waals surface area contributed by atoms with Crippen LogP contribution in [0.25, 0.3) is 0 Å². The van der Waals surface area contributed by atoms with Crippen molar-refractivity contribution >= 4 is 0 Å². The Morgan fingerprint density at radius 1 is 1.10 bits per heavy atom. The Hall–Kier alpha value is -1.87. The summed E-state index contributed by atoms with van der Waals surface area (Å²) in [5.41, 5.74) is 0.795. The highest BCUT2D eigenvalue weighted by Gasteiger charge is 2.30. The van der Waals surface area contributed by atoms with Crippen molar-refractivity contribution in [1.82, 2.24) is 0 Å². The lowest BCUT2D eigenvalue weighted by atomic mass is 9.77. The molecule has 1 unspecified atom stereocenters. The first-order chi connectivity index (χ1) is 9.60. The maximum absolute atomic E-state index is 14.0. The molecule has 106 valence electrons. The lowest BCUT2D eigenvalue weighted by Gasteiger charge is -2.29. The standard InChI is InChI=1S/C17H19FO2/c1-17(12-19,14-8-4-5-9-15(14)18)11-13-7-3-6-10-16(13)20-2/h3-10,19H,11-12H2,1-2H3. The molecule has 0 saturated carbocycles. The minimum absolute atomic E-state index is 0.133. The first kappa shape index (κ1) is 14.5. The molecule has 0 radical (unpaired) electrons. The van der Waals surface area contributed by atoms with Crippen molar-refractivity contribution in [3.05, 3.63) is 65.5 Å². The Morgan fingerprint density at radius 3 is 2.40 bits per heavy atom. The monoisotopic (exact) mass is 274 g/mol. The van der Waals surface area contributed by atoms with Crippen molar-refractivity contribution in [2.45, 2.75) is 18.8 Å². The molecule has 0 saturated heterocycles. The van der Waals surface area contributed by atoms with Crippen molar-refractivity contribution in [3.8, 4) is 5.75 Å². The van der Waals surface area contributed by atoms with Crippen molar-refractivity contribution in [3.63, 3.8) is 0 Å². The van der Waals surface area contributed by atoms with E-state index >= 15 is 0 Å². The zero-order valence-electron chi connectivity index (χ0n) is 11.8. The van der Waals surface area contributed by atoms with E-state index in [2.05, 4.69) is 0 Å². The van der Waals surface area contributed by atoms with Gasteiger partial charge < -0.3 is 9.84 Å². The number of aliphatic hydroxyl groups is 1. The normalized spacial score (nSPS) is 13.8. The number of aliphatic hydroxyl groups excluding tert-OH is 1. The molecule has 0 amide bonds. The second kappa shape index (κ2) is 6.06. The number of benzene rings is 2. The van der Waals surface area contributed by atoms with Crippen molar-refractivity contribution in [2.24, 2.45) is 0 Å². The maximum atomic E-state index is 14.0.